The number of thiophene rings is 1. The minimum absolute atomic E-state index is 0.224. The number of anilines is 1. The Kier molecular flexibility index (Phi) is 9.23. The first kappa shape index (κ1) is 23.9. The van der Waals surface area contributed by atoms with Crippen LogP contribution in [-0.2, 0) is 0 Å². The van der Waals surface area contributed by atoms with Crippen molar-refractivity contribution < 1.29 is 9.13 Å². The Balaban J connectivity index is 1.54. The average Bonchev–Trinajstić information content (AvgIpc) is 3.27. The van der Waals surface area contributed by atoms with Crippen molar-refractivity contribution >= 4 is 28.4 Å². The lowest BCUT2D eigenvalue weighted by molar-refractivity contribution is 0.313. The second kappa shape index (κ2) is 12.3. The van der Waals surface area contributed by atoms with Crippen LogP contribution >= 0.6 is 11.3 Å². The molecule has 0 aliphatic carbocycles. The van der Waals surface area contributed by atoms with E-state index in [1.54, 1.807) is 6.07 Å². The molecule has 0 N–H and O–H groups in total. The monoisotopic (exact) mass is 453 g/mol. The molecular formula is C26H32FN3OS. The summed E-state index contributed by atoms with van der Waals surface area (Å²) in [4.78, 5) is 2.99. The van der Waals surface area contributed by atoms with E-state index in [1.807, 2.05) is 61.5 Å². The summed E-state index contributed by atoms with van der Waals surface area (Å²) in [5.74, 6) is -0.390. The second-order valence-corrected chi connectivity index (χ2v) is 9.06. The lowest BCUT2D eigenvalue weighted by Gasteiger charge is -2.11. The molecule has 170 valence electrons. The van der Waals surface area contributed by atoms with Crippen molar-refractivity contribution in [1.82, 2.24) is 0 Å². The highest BCUT2D eigenvalue weighted by molar-refractivity contribution is 7.17. The Hall–Kier alpha value is -2.73. The molecule has 4 nitrogen and oxygen atoms in total. The van der Waals surface area contributed by atoms with Gasteiger partial charge in [-0.15, -0.1) is 5.11 Å². The van der Waals surface area contributed by atoms with Crippen LogP contribution in [0.3, 0.4) is 0 Å². The van der Waals surface area contributed by atoms with Gasteiger partial charge in [0.2, 0.25) is 0 Å². The Morgan fingerprint density at radius 3 is 2.34 bits per heavy atom. The molecule has 0 radical (unpaired) electrons. The maximum atomic E-state index is 14.6. The van der Waals surface area contributed by atoms with Crippen molar-refractivity contribution in [3.8, 4) is 15.5 Å². The van der Waals surface area contributed by atoms with Gasteiger partial charge in [-0.2, -0.15) is 5.11 Å². The minimum atomic E-state index is -0.390. The molecule has 6 heteroatoms. The van der Waals surface area contributed by atoms with Gasteiger partial charge in [-0.05, 0) is 60.5 Å². The number of nitrogens with zero attached hydrogens (tertiary/aromatic N) is 3. The van der Waals surface area contributed by atoms with Crippen molar-refractivity contribution in [2.75, 3.05) is 25.6 Å². The van der Waals surface area contributed by atoms with E-state index in [1.165, 1.54) is 49.5 Å². The normalized spacial score (nSPS) is 11.2. The van der Waals surface area contributed by atoms with Crippen molar-refractivity contribution in [3.05, 3.63) is 60.4 Å². The molecule has 3 aromatic rings. The third-order valence-electron chi connectivity index (χ3n) is 5.20. The van der Waals surface area contributed by atoms with E-state index in [-0.39, 0.29) is 11.5 Å². The molecule has 0 saturated heterocycles. The number of hydrogen-bond donors (Lipinski definition) is 0. The molecule has 0 bridgehead atoms. The molecular weight excluding hydrogens is 421 g/mol. The fraction of sp³-hybridized carbons (Fsp3) is 0.385. The first-order chi connectivity index (χ1) is 15.6. The minimum Gasteiger partial charge on any atom is -0.484 e. The molecule has 0 amide bonds. The van der Waals surface area contributed by atoms with Crippen molar-refractivity contribution in [2.45, 2.75) is 45.4 Å². The fourth-order valence-corrected chi connectivity index (χ4v) is 4.15. The molecule has 1 heterocycles. The topological polar surface area (TPSA) is 37.2 Å². The predicted octanol–water partition coefficient (Wildman–Crippen LogP) is 8.77. The van der Waals surface area contributed by atoms with Gasteiger partial charge in [0.25, 0.3) is 0 Å². The standard InChI is InChI=1S/C26H32FN3OS/c1-4-5-6-7-8-9-18-31-26-17-16-25(32-26)20-10-15-24(23(27)19-20)29-28-21-11-13-22(14-12-21)30(2)3/h10-17,19H,4-9,18H2,1-3H3. The summed E-state index contributed by atoms with van der Waals surface area (Å²) in [6.07, 6.45) is 7.45. The molecule has 0 atom stereocenters. The Labute approximate surface area is 194 Å². The molecule has 3 rings (SSSR count). The van der Waals surface area contributed by atoms with E-state index in [4.69, 9.17) is 4.74 Å². The van der Waals surface area contributed by atoms with Gasteiger partial charge >= 0.3 is 0 Å². The van der Waals surface area contributed by atoms with Gasteiger partial charge in [0.05, 0.1) is 12.3 Å². The van der Waals surface area contributed by atoms with Crippen LogP contribution in [0.4, 0.5) is 21.5 Å². The molecule has 0 spiro atoms. The van der Waals surface area contributed by atoms with Gasteiger partial charge in [-0.3, -0.25) is 0 Å². The van der Waals surface area contributed by atoms with Crippen molar-refractivity contribution in [3.63, 3.8) is 0 Å². The molecule has 32 heavy (non-hydrogen) atoms. The summed E-state index contributed by atoms with van der Waals surface area (Å²) in [5.41, 5.74) is 2.80. The van der Waals surface area contributed by atoms with Crippen molar-refractivity contribution in [1.29, 1.82) is 0 Å². The third-order valence-corrected chi connectivity index (χ3v) is 6.24. The Morgan fingerprint density at radius 1 is 0.875 bits per heavy atom. The number of rotatable bonds is 12. The molecule has 0 saturated carbocycles. The summed E-state index contributed by atoms with van der Waals surface area (Å²) in [5, 5.41) is 9.11. The zero-order valence-corrected chi connectivity index (χ0v) is 20.0. The summed E-state index contributed by atoms with van der Waals surface area (Å²) in [7, 11) is 3.96. The maximum absolute atomic E-state index is 14.6. The smallest absolute Gasteiger partial charge is 0.174 e. The number of halogens is 1. The van der Waals surface area contributed by atoms with Gasteiger partial charge in [0.15, 0.2) is 10.9 Å². The van der Waals surface area contributed by atoms with Gasteiger partial charge in [-0.25, -0.2) is 4.39 Å². The molecule has 2 aromatic carbocycles. The third kappa shape index (κ3) is 7.16. The van der Waals surface area contributed by atoms with Crippen LogP contribution in [0.25, 0.3) is 10.4 Å². The van der Waals surface area contributed by atoms with Gasteiger partial charge in [-0.1, -0.05) is 56.4 Å². The lowest BCUT2D eigenvalue weighted by atomic mass is 10.1. The first-order valence-electron chi connectivity index (χ1n) is 11.3. The Morgan fingerprint density at radius 2 is 1.62 bits per heavy atom. The summed E-state index contributed by atoms with van der Waals surface area (Å²) < 4.78 is 20.5. The zero-order valence-electron chi connectivity index (χ0n) is 19.2. The summed E-state index contributed by atoms with van der Waals surface area (Å²) in [6.45, 7) is 2.96. The SMILES string of the molecule is CCCCCCCCOc1ccc(-c2ccc(N=Nc3ccc(N(C)C)cc3)c(F)c2)s1. The van der Waals surface area contributed by atoms with Crippen LogP contribution in [0.1, 0.15) is 45.4 Å². The quantitative estimate of drug-likeness (QED) is 0.203. The van der Waals surface area contributed by atoms with E-state index in [2.05, 4.69) is 17.2 Å². The molecule has 0 fully saturated rings. The Bertz CT molecular complexity index is 999. The van der Waals surface area contributed by atoms with Gasteiger partial charge in [0, 0.05) is 24.7 Å². The number of hydrogen-bond acceptors (Lipinski definition) is 5. The summed E-state index contributed by atoms with van der Waals surface area (Å²) in [6, 6.07) is 16.6. The highest BCUT2D eigenvalue weighted by atomic mass is 32.1. The molecule has 1 aromatic heterocycles. The average molecular weight is 454 g/mol. The van der Waals surface area contributed by atoms with Crippen molar-refractivity contribution in [2.24, 2.45) is 10.2 Å². The largest absolute Gasteiger partial charge is 0.484 e. The zero-order chi connectivity index (χ0) is 22.8. The highest BCUT2D eigenvalue weighted by Crippen LogP contribution is 2.35. The van der Waals surface area contributed by atoms with E-state index in [9.17, 15) is 4.39 Å². The van der Waals surface area contributed by atoms with Crippen LogP contribution in [0.5, 0.6) is 5.06 Å². The lowest BCUT2D eigenvalue weighted by Crippen LogP contribution is -2.07. The molecule has 0 aliphatic rings. The summed E-state index contributed by atoms with van der Waals surface area (Å²) >= 11 is 1.54. The van der Waals surface area contributed by atoms with Crippen LogP contribution in [0.2, 0.25) is 0 Å². The number of azo groups is 1. The van der Waals surface area contributed by atoms with E-state index < -0.39 is 0 Å². The highest BCUT2D eigenvalue weighted by Gasteiger charge is 2.08. The number of unbranched alkanes of at least 4 members (excludes halogenated alkanes) is 5. The van der Waals surface area contributed by atoms with E-state index in [0.717, 1.165) is 34.2 Å². The number of ether oxygens (including phenoxy) is 1. The van der Waals surface area contributed by atoms with Crippen LogP contribution in [-0.4, -0.2) is 20.7 Å². The van der Waals surface area contributed by atoms with Crippen LogP contribution in [0, 0.1) is 5.82 Å². The number of benzene rings is 2. The molecule has 0 unspecified atom stereocenters. The maximum Gasteiger partial charge on any atom is 0.174 e. The van der Waals surface area contributed by atoms with E-state index in [0.29, 0.717) is 5.69 Å². The second-order valence-electron chi connectivity index (χ2n) is 8.01. The van der Waals surface area contributed by atoms with Gasteiger partial charge < -0.3 is 9.64 Å². The first-order valence-corrected chi connectivity index (χ1v) is 12.1. The van der Waals surface area contributed by atoms with Crippen LogP contribution < -0.4 is 9.64 Å². The fourth-order valence-electron chi connectivity index (χ4n) is 3.28. The van der Waals surface area contributed by atoms with Crippen LogP contribution in [0.15, 0.2) is 64.8 Å². The van der Waals surface area contributed by atoms with E-state index >= 15 is 0 Å². The predicted molar refractivity (Wildman–Crippen MR) is 134 cm³/mol. The molecule has 0 aliphatic heterocycles. The van der Waals surface area contributed by atoms with Gasteiger partial charge in [0.1, 0.15) is 5.69 Å².